The SMILES string of the molecule is Cc1cc(Oc2[c-]c3c(cc2)c2cc(CCC(C)C)ccc2n3-c2cc(C)ccn2)[c-]c(-n2nc(C)c(-c3ccccc3)c2C)c1.[Pt+2]. The van der Waals surface area contributed by atoms with Gasteiger partial charge in [0.1, 0.15) is 5.82 Å². The Balaban J connectivity index is 0.00000386. The fourth-order valence-corrected chi connectivity index (χ4v) is 6.37. The van der Waals surface area contributed by atoms with Crippen LogP contribution >= 0.6 is 0 Å². The summed E-state index contributed by atoms with van der Waals surface area (Å²) in [4.78, 5) is 4.76. The summed E-state index contributed by atoms with van der Waals surface area (Å²) in [7, 11) is 0. The third kappa shape index (κ3) is 6.42. The van der Waals surface area contributed by atoms with E-state index in [1.807, 2.05) is 35.1 Å². The fourth-order valence-electron chi connectivity index (χ4n) is 6.37. The van der Waals surface area contributed by atoms with Crippen LogP contribution in [0.4, 0.5) is 0 Å². The van der Waals surface area contributed by atoms with Crippen LogP contribution in [0.5, 0.6) is 11.5 Å². The molecule has 4 aromatic carbocycles. The number of hydrogen-bond acceptors (Lipinski definition) is 3. The zero-order valence-corrected chi connectivity index (χ0v) is 29.9. The molecule has 0 spiro atoms. The van der Waals surface area contributed by atoms with Gasteiger partial charge in [-0.2, -0.15) is 16.7 Å². The summed E-state index contributed by atoms with van der Waals surface area (Å²) >= 11 is 0. The quantitative estimate of drug-likeness (QED) is 0.144. The molecular formula is C41H38N4OPt. The van der Waals surface area contributed by atoms with E-state index in [0.717, 1.165) is 74.4 Å². The fraction of sp³-hybridized carbons (Fsp3) is 0.220. The Bertz CT molecular complexity index is 2210. The van der Waals surface area contributed by atoms with Gasteiger partial charge in [0.25, 0.3) is 0 Å². The second-order valence-electron chi connectivity index (χ2n) is 12.7. The molecule has 47 heavy (non-hydrogen) atoms. The molecule has 238 valence electrons. The number of benzene rings is 4. The van der Waals surface area contributed by atoms with Gasteiger partial charge >= 0.3 is 21.1 Å². The van der Waals surface area contributed by atoms with E-state index >= 15 is 0 Å². The van der Waals surface area contributed by atoms with Crippen LogP contribution in [-0.4, -0.2) is 19.3 Å². The first kappa shape index (κ1) is 32.5. The second kappa shape index (κ2) is 13.3. The van der Waals surface area contributed by atoms with Crippen molar-refractivity contribution in [2.45, 2.75) is 54.4 Å². The molecule has 0 bridgehead atoms. The van der Waals surface area contributed by atoms with Gasteiger partial charge in [0, 0.05) is 34.5 Å². The van der Waals surface area contributed by atoms with E-state index in [-0.39, 0.29) is 21.1 Å². The predicted octanol–water partition coefficient (Wildman–Crippen LogP) is 10.2. The zero-order valence-electron chi connectivity index (χ0n) is 27.7. The summed E-state index contributed by atoms with van der Waals surface area (Å²) in [6.45, 7) is 12.9. The van der Waals surface area contributed by atoms with Crippen molar-refractivity contribution in [3.63, 3.8) is 0 Å². The molecule has 0 aliphatic carbocycles. The van der Waals surface area contributed by atoms with E-state index in [4.69, 9.17) is 14.8 Å². The summed E-state index contributed by atoms with van der Waals surface area (Å²) in [5.74, 6) is 2.77. The van der Waals surface area contributed by atoms with E-state index in [9.17, 15) is 0 Å². The number of ether oxygens (including phenoxy) is 1. The van der Waals surface area contributed by atoms with Crippen LogP contribution in [0, 0.1) is 45.7 Å². The van der Waals surface area contributed by atoms with Crippen molar-refractivity contribution in [2.24, 2.45) is 5.92 Å². The van der Waals surface area contributed by atoms with Crippen LogP contribution in [0.2, 0.25) is 0 Å². The van der Waals surface area contributed by atoms with Crippen molar-refractivity contribution in [1.29, 1.82) is 0 Å². The molecule has 0 aliphatic rings. The summed E-state index contributed by atoms with van der Waals surface area (Å²) in [6.07, 6.45) is 4.08. The Morgan fingerprint density at radius 2 is 1.60 bits per heavy atom. The van der Waals surface area contributed by atoms with Gasteiger partial charge in [-0.1, -0.05) is 68.8 Å². The maximum atomic E-state index is 6.50. The normalized spacial score (nSPS) is 11.4. The van der Waals surface area contributed by atoms with E-state index in [2.05, 4.69) is 119 Å². The molecule has 0 amide bonds. The predicted molar refractivity (Wildman–Crippen MR) is 187 cm³/mol. The number of aryl methyl sites for hydroxylation is 4. The topological polar surface area (TPSA) is 44.9 Å². The Morgan fingerprint density at radius 1 is 0.787 bits per heavy atom. The van der Waals surface area contributed by atoms with Crippen molar-refractivity contribution in [2.75, 3.05) is 0 Å². The van der Waals surface area contributed by atoms with Gasteiger partial charge in [0.15, 0.2) is 0 Å². The first-order valence-electron chi connectivity index (χ1n) is 16.0. The molecule has 7 rings (SSSR count). The summed E-state index contributed by atoms with van der Waals surface area (Å²) in [5.41, 5.74) is 10.8. The molecule has 0 N–H and O–H groups in total. The molecule has 0 unspecified atom stereocenters. The number of aromatic nitrogens is 4. The van der Waals surface area contributed by atoms with Crippen molar-refractivity contribution < 1.29 is 25.8 Å². The van der Waals surface area contributed by atoms with Crippen molar-refractivity contribution in [3.05, 3.63) is 131 Å². The van der Waals surface area contributed by atoms with Crippen LogP contribution < -0.4 is 4.74 Å². The van der Waals surface area contributed by atoms with Gasteiger partial charge in [-0.15, -0.1) is 35.7 Å². The maximum Gasteiger partial charge on any atom is 2.00 e. The van der Waals surface area contributed by atoms with Gasteiger partial charge in [0.2, 0.25) is 0 Å². The van der Waals surface area contributed by atoms with Crippen LogP contribution in [0.25, 0.3) is 44.4 Å². The maximum absolute atomic E-state index is 6.50. The molecule has 3 aromatic heterocycles. The van der Waals surface area contributed by atoms with Crippen molar-refractivity contribution in [1.82, 2.24) is 19.3 Å². The molecule has 0 saturated carbocycles. The van der Waals surface area contributed by atoms with Crippen molar-refractivity contribution >= 4 is 21.8 Å². The van der Waals surface area contributed by atoms with Gasteiger partial charge in [-0.05, 0) is 85.5 Å². The van der Waals surface area contributed by atoms with Gasteiger partial charge < -0.3 is 9.30 Å². The first-order valence-corrected chi connectivity index (χ1v) is 16.0. The summed E-state index contributed by atoms with van der Waals surface area (Å²) < 4.78 is 10.7. The van der Waals surface area contributed by atoms with Crippen LogP contribution in [0.1, 0.15) is 48.3 Å². The van der Waals surface area contributed by atoms with Crippen LogP contribution in [0.15, 0.2) is 91.1 Å². The Morgan fingerprint density at radius 3 is 2.36 bits per heavy atom. The summed E-state index contributed by atoms with van der Waals surface area (Å²) in [5, 5.41) is 7.23. The van der Waals surface area contributed by atoms with E-state index < -0.39 is 0 Å². The van der Waals surface area contributed by atoms with E-state index in [0.29, 0.717) is 17.4 Å². The third-order valence-electron chi connectivity index (χ3n) is 8.63. The standard InChI is InChI=1S/C41H38N4O.Pt/c1-26(2)12-13-31-14-17-38-37(23-31)36-16-15-34(25-39(36)44(38)40-22-27(3)18-19-42-40)46-35-21-28(4)20-33(24-35)45-30(6)41(29(5)43-45)32-10-8-7-9-11-32;/h7-11,14-23,26H,12-13H2,1-6H3;/q-2;+2. The van der Waals surface area contributed by atoms with Crippen LogP contribution in [0.3, 0.4) is 0 Å². The number of hydrogen-bond donors (Lipinski definition) is 0. The number of rotatable bonds is 8. The molecule has 0 aliphatic heterocycles. The minimum Gasteiger partial charge on any atom is -0.509 e. The zero-order chi connectivity index (χ0) is 31.9. The van der Waals surface area contributed by atoms with Gasteiger partial charge in [0.05, 0.1) is 5.69 Å². The van der Waals surface area contributed by atoms with Crippen LogP contribution in [-0.2, 0) is 27.5 Å². The molecule has 0 radical (unpaired) electrons. The number of pyridine rings is 1. The molecule has 0 atom stereocenters. The number of nitrogens with zero attached hydrogens (tertiary/aromatic N) is 4. The molecule has 7 aromatic rings. The molecule has 6 heteroatoms. The van der Waals surface area contributed by atoms with E-state index in [1.54, 1.807) is 0 Å². The second-order valence-corrected chi connectivity index (χ2v) is 12.7. The molecular weight excluding hydrogens is 760 g/mol. The van der Waals surface area contributed by atoms with Crippen molar-refractivity contribution in [3.8, 4) is 34.1 Å². The summed E-state index contributed by atoms with van der Waals surface area (Å²) in [6, 6.07) is 36.7. The minimum atomic E-state index is 0. The average molecular weight is 798 g/mol. The smallest absolute Gasteiger partial charge is 0.509 e. The Hall–Kier alpha value is -4.47. The molecule has 0 saturated heterocycles. The monoisotopic (exact) mass is 797 g/mol. The third-order valence-corrected chi connectivity index (χ3v) is 8.63. The minimum absolute atomic E-state index is 0. The largest absolute Gasteiger partial charge is 2.00 e. The van der Waals surface area contributed by atoms with Gasteiger partial charge in [-0.3, -0.25) is 4.68 Å². The van der Waals surface area contributed by atoms with Gasteiger partial charge in [-0.25, -0.2) is 4.98 Å². The first-order chi connectivity index (χ1) is 22.2. The molecule has 3 heterocycles. The van der Waals surface area contributed by atoms with E-state index in [1.165, 1.54) is 10.9 Å². The average Bonchev–Trinajstić information content (AvgIpc) is 3.52. The Labute approximate surface area is 291 Å². The Kier molecular flexibility index (Phi) is 9.21. The number of fused-ring (bicyclic) bond motifs is 3. The molecule has 0 fully saturated rings. The molecule has 5 nitrogen and oxygen atoms in total.